The Morgan fingerprint density at radius 2 is 2.06 bits per heavy atom. The minimum Gasteiger partial charge on any atom is -0.481 e. The molecule has 0 aliphatic carbocycles. The zero-order valence-corrected chi connectivity index (χ0v) is 10.9. The first-order valence-electron chi connectivity index (χ1n) is 5.70. The zero-order valence-electron chi connectivity index (χ0n) is 10.9. The second-order valence-electron chi connectivity index (χ2n) is 4.94. The van der Waals surface area contributed by atoms with E-state index < -0.39 is 11.4 Å². The Labute approximate surface area is 106 Å². The van der Waals surface area contributed by atoms with Crippen LogP contribution in [0.15, 0.2) is 24.4 Å². The van der Waals surface area contributed by atoms with Crippen molar-refractivity contribution in [2.45, 2.75) is 26.8 Å². The molecule has 0 aromatic carbocycles. The second-order valence-corrected chi connectivity index (χ2v) is 4.94. The number of amides is 1. The van der Waals surface area contributed by atoms with Crippen LogP contribution in [-0.4, -0.2) is 33.9 Å². The third-order valence-corrected chi connectivity index (χ3v) is 2.64. The van der Waals surface area contributed by atoms with Gasteiger partial charge in [0.25, 0.3) is 0 Å². The average molecular weight is 250 g/mol. The van der Waals surface area contributed by atoms with Crippen LogP contribution in [0.1, 0.15) is 26.0 Å². The highest BCUT2D eigenvalue weighted by Gasteiger charge is 2.32. The molecule has 0 saturated carbocycles. The highest BCUT2D eigenvalue weighted by molar-refractivity contribution is 5.86. The van der Waals surface area contributed by atoms with Gasteiger partial charge in [0.2, 0.25) is 5.91 Å². The molecule has 18 heavy (non-hydrogen) atoms. The van der Waals surface area contributed by atoms with Crippen LogP contribution < -0.4 is 0 Å². The largest absolute Gasteiger partial charge is 0.481 e. The summed E-state index contributed by atoms with van der Waals surface area (Å²) >= 11 is 0. The molecular formula is C13H18N2O3. The molecule has 1 N–H and O–H groups in total. The number of rotatable bonds is 5. The molecule has 1 rings (SSSR count). The maximum atomic E-state index is 12.1. The highest BCUT2D eigenvalue weighted by atomic mass is 16.4. The van der Waals surface area contributed by atoms with Gasteiger partial charge < -0.3 is 10.0 Å². The van der Waals surface area contributed by atoms with Gasteiger partial charge in [0.05, 0.1) is 24.1 Å². The number of nitrogens with zero attached hydrogens (tertiary/aromatic N) is 2. The van der Waals surface area contributed by atoms with Gasteiger partial charge in [-0.25, -0.2) is 0 Å². The minimum atomic E-state index is -0.973. The van der Waals surface area contributed by atoms with E-state index in [0.717, 1.165) is 5.69 Å². The first kappa shape index (κ1) is 14.2. The van der Waals surface area contributed by atoms with Gasteiger partial charge in [0.15, 0.2) is 0 Å². The first-order chi connectivity index (χ1) is 8.33. The molecule has 1 heterocycles. The maximum absolute atomic E-state index is 12.1. The van der Waals surface area contributed by atoms with Crippen molar-refractivity contribution in [1.29, 1.82) is 0 Å². The summed E-state index contributed by atoms with van der Waals surface area (Å²) < 4.78 is 0. The van der Waals surface area contributed by atoms with Gasteiger partial charge >= 0.3 is 5.97 Å². The number of carboxylic acid groups (broad SMARTS) is 1. The van der Waals surface area contributed by atoms with Gasteiger partial charge in [0.1, 0.15) is 0 Å². The van der Waals surface area contributed by atoms with E-state index in [-0.39, 0.29) is 12.3 Å². The van der Waals surface area contributed by atoms with E-state index in [2.05, 4.69) is 4.98 Å². The summed E-state index contributed by atoms with van der Waals surface area (Å²) in [5.41, 5.74) is -0.130. The van der Waals surface area contributed by atoms with Gasteiger partial charge in [-0.2, -0.15) is 0 Å². The van der Waals surface area contributed by atoms with E-state index in [1.807, 2.05) is 12.1 Å². The Morgan fingerprint density at radius 3 is 2.56 bits per heavy atom. The summed E-state index contributed by atoms with van der Waals surface area (Å²) in [4.78, 5) is 28.5. The van der Waals surface area contributed by atoms with Crippen LogP contribution in [0.3, 0.4) is 0 Å². The monoisotopic (exact) mass is 250 g/mol. The Morgan fingerprint density at radius 1 is 1.39 bits per heavy atom. The fraction of sp³-hybridized carbons (Fsp3) is 0.462. The van der Waals surface area contributed by atoms with E-state index in [9.17, 15) is 9.59 Å². The van der Waals surface area contributed by atoms with Crippen molar-refractivity contribution in [3.8, 4) is 0 Å². The normalized spacial score (nSPS) is 11.1. The van der Waals surface area contributed by atoms with Crippen LogP contribution in [0, 0.1) is 5.41 Å². The van der Waals surface area contributed by atoms with Crippen molar-refractivity contribution < 1.29 is 14.7 Å². The fourth-order valence-electron chi connectivity index (χ4n) is 1.78. The van der Waals surface area contributed by atoms with Crippen LogP contribution in [-0.2, 0) is 16.1 Å². The Kier molecular flexibility index (Phi) is 4.42. The molecule has 0 aliphatic rings. The number of hydrogen-bond donors (Lipinski definition) is 1. The van der Waals surface area contributed by atoms with Gasteiger partial charge in [-0.05, 0) is 12.1 Å². The minimum absolute atomic E-state index is 0.182. The predicted octanol–water partition coefficient (Wildman–Crippen LogP) is 1.54. The summed E-state index contributed by atoms with van der Waals surface area (Å²) in [6, 6.07) is 5.48. The van der Waals surface area contributed by atoms with Crippen LogP contribution >= 0.6 is 0 Å². The summed E-state index contributed by atoms with van der Waals surface area (Å²) in [5, 5.41) is 8.79. The maximum Gasteiger partial charge on any atom is 0.304 e. The van der Waals surface area contributed by atoms with Crippen LogP contribution in [0.5, 0.6) is 0 Å². The molecule has 0 fully saturated rings. The average Bonchev–Trinajstić information content (AvgIpc) is 2.27. The van der Waals surface area contributed by atoms with Crippen molar-refractivity contribution >= 4 is 11.9 Å². The van der Waals surface area contributed by atoms with Gasteiger partial charge in [0, 0.05) is 13.2 Å². The van der Waals surface area contributed by atoms with Crippen molar-refractivity contribution in [2.24, 2.45) is 5.41 Å². The van der Waals surface area contributed by atoms with Crippen molar-refractivity contribution in [2.75, 3.05) is 7.05 Å². The molecule has 5 heteroatoms. The molecule has 0 aliphatic heterocycles. The van der Waals surface area contributed by atoms with Crippen LogP contribution in [0.4, 0.5) is 0 Å². The van der Waals surface area contributed by atoms with Crippen molar-refractivity contribution in [1.82, 2.24) is 9.88 Å². The summed E-state index contributed by atoms with van der Waals surface area (Å²) in [6.45, 7) is 3.65. The molecule has 5 nitrogen and oxygen atoms in total. The molecule has 0 bridgehead atoms. The molecule has 98 valence electrons. The number of carboxylic acids is 1. The summed E-state index contributed by atoms with van der Waals surface area (Å²) in [5.74, 6) is -1.17. The van der Waals surface area contributed by atoms with Gasteiger partial charge in [-0.3, -0.25) is 14.6 Å². The number of hydrogen-bond acceptors (Lipinski definition) is 3. The third kappa shape index (κ3) is 3.84. The van der Waals surface area contributed by atoms with E-state index in [1.165, 1.54) is 4.90 Å². The number of carbonyl (C=O) groups excluding carboxylic acids is 1. The van der Waals surface area contributed by atoms with E-state index in [4.69, 9.17) is 5.11 Å². The number of pyridine rings is 1. The van der Waals surface area contributed by atoms with Crippen molar-refractivity contribution in [3.05, 3.63) is 30.1 Å². The summed E-state index contributed by atoms with van der Waals surface area (Å²) in [7, 11) is 1.65. The lowest BCUT2D eigenvalue weighted by Crippen LogP contribution is -2.39. The highest BCUT2D eigenvalue weighted by Crippen LogP contribution is 2.23. The van der Waals surface area contributed by atoms with Gasteiger partial charge in [-0.15, -0.1) is 0 Å². The predicted molar refractivity (Wildman–Crippen MR) is 66.7 cm³/mol. The van der Waals surface area contributed by atoms with Crippen molar-refractivity contribution in [3.63, 3.8) is 0 Å². The van der Waals surface area contributed by atoms with Crippen LogP contribution in [0.25, 0.3) is 0 Å². The topological polar surface area (TPSA) is 70.5 Å². The lowest BCUT2D eigenvalue weighted by molar-refractivity contribution is -0.148. The Balaban J connectivity index is 2.69. The third-order valence-electron chi connectivity index (χ3n) is 2.64. The second kappa shape index (κ2) is 5.62. The zero-order chi connectivity index (χ0) is 13.8. The molecule has 1 aromatic rings. The molecule has 0 radical (unpaired) electrons. The fourth-order valence-corrected chi connectivity index (χ4v) is 1.78. The molecule has 1 aromatic heterocycles. The number of carbonyl (C=O) groups is 2. The number of aromatic nitrogens is 1. The van der Waals surface area contributed by atoms with E-state index in [1.54, 1.807) is 33.2 Å². The SMILES string of the molecule is CN(Cc1ccccn1)C(=O)C(C)(C)CC(=O)O. The molecule has 0 unspecified atom stereocenters. The van der Waals surface area contributed by atoms with E-state index >= 15 is 0 Å². The van der Waals surface area contributed by atoms with E-state index in [0.29, 0.717) is 6.54 Å². The molecule has 0 atom stereocenters. The van der Waals surface area contributed by atoms with Gasteiger partial charge in [-0.1, -0.05) is 19.9 Å². The quantitative estimate of drug-likeness (QED) is 0.860. The lowest BCUT2D eigenvalue weighted by atomic mass is 9.87. The lowest BCUT2D eigenvalue weighted by Gasteiger charge is -2.27. The smallest absolute Gasteiger partial charge is 0.304 e. The first-order valence-corrected chi connectivity index (χ1v) is 5.70. The molecule has 0 spiro atoms. The Hall–Kier alpha value is -1.91. The standard InChI is InChI=1S/C13H18N2O3/c1-13(2,8-11(16)17)12(18)15(3)9-10-6-4-5-7-14-10/h4-7H,8-9H2,1-3H3,(H,16,17). The Bertz CT molecular complexity index is 429. The summed E-state index contributed by atoms with van der Waals surface area (Å²) in [6.07, 6.45) is 1.48. The molecule has 1 amide bonds. The van der Waals surface area contributed by atoms with Crippen LogP contribution in [0.2, 0.25) is 0 Å². The number of aliphatic carboxylic acids is 1. The molecular weight excluding hydrogens is 232 g/mol. The molecule has 0 saturated heterocycles.